The minimum atomic E-state index is 0. The van der Waals surface area contributed by atoms with E-state index in [1.807, 2.05) is 24.3 Å². The number of aromatic nitrogens is 4. The lowest BCUT2D eigenvalue weighted by molar-refractivity contribution is -0.00100. The highest BCUT2D eigenvalue weighted by Crippen LogP contribution is 2.28. The number of fused-ring (bicyclic) bond motifs is 2. The molecule has 1 fully saturated rings. The Balaban J connectivity index is 0.00000114. The molecule has 0 atom stereocenters. The van der Waals surface area contributed by atoms with Crippen LogP contribution in [0.4, 0.5) is 5.69 Å². The van der Waals surface area contributed by atoms with E-state index in [1.165, 1.54) is 5.69 Å². The molecule has 3 N–H and O–H groups in total. The lowest BCUT2D eigenvalue weighted by Crippen LogP contribution is -3.00. The Morgan fingerprint density at radius 2 is 1.23 bits per heavy atom. The Morgan fingerprint density at radius 3 is 1.89 bits per heavy atom. The van der Waals surface area contributed by atoms with Gasteiger partial charge in [-0.2, -0.15) is 0 Å². The maximum atomic E-state index is 9.52. The summed E-state index contributed by atoms with van der Waals surface area (Å²) in [5.41, 5.74) is 7.03. The van der Waals surface area contributed by atoms with E-state index in [0.29, 0.717) is 0 Å². The number of phenols is 1. The summed E-state index contributed by atoms with van der Waals surface area (Å²) in [6.07, 6.45) is 0. The van der Waals surface area contributed by atoms with Gasteiger partial charge in [0.1, 0.15) is 17.4 Å². The van der Waals surface area contributed by atoms with Crippen LogP contribution < -0.4 is 42.1 Å². The van der Waals surface area contributed by atoms with E-state index in [0.717, 1.165) is 71.0 Å². The fourth-order valence-corrected chi connectivity index (χ4v) is 4.31. The van der Waals surface area contributed by atoms with Gasteiger partial charge in [0, 0.05) is 43.0 Å². The van der Waals surface area contributed by atoms with E-state index < -0.39 is 0 Å². The third-order valence-corrected chi connectivity index (χ3v) is 6.23. The molecule has 2 aromatic heterocycles. The molecule has 0 saturated carbocycles. The third kappa shape index (κ3) is 5.18. The molecule has 7 nitrogen and oxygen atoms in total. The zero-order chi connectivity index (χ0) is 21.7. The lowest BCUT2D eigenvalue weighted by atomic mass is 10.2. The van der Waals surface area contributed by atoms with Gasteiger partial charge < -0.3 is 62.1 Å². The molecular formula is C25H24Cl3N6O-3. The normalized spacial score (nSPS) is 13.8. The number of aromatic amines is 2. The van der Waals surface area contributed by atoms with E-state index in [-0.39, 0.29) is 43.0 Å². The van der Waals surface area contributed by atoms with Crippen LogP contribution in [0.1, 0.15) is 0 Å². The smallest absolute Gasteiger partial charge is 0.138 e. The van der Waals surface area contributed by atoms with Crippen molar-refractivity contribution < 1.29 is 42.3 Å². The Hall–Kier alpha value is -2.97. The van der Waals surface area contributed by atoms with Gasteiger partial charge >= 0.3 is 0 Å². The molecular weight excluding hydrogens is 507 g/mol. The van der Waals surface area contributed by atoms with E-state index in [1.54, 1.807) is 12.1 Å². The van der Waals surface area contributed by atoms with Crippen molar-refractivity contribution in [3.8, 4) is 28.5 Å². The molecule has 0 unspecified atom stereocenters. The maximum Gasteiger partial charge on any atom is 0.138 e. The summed E-state index contributed by atoms with van der Waals surface area (Å²) in [6, 6.07) is 19.6. The SMILES string of the molecule is CN1CCN(c2ccc3nc(-c4ccc5nc(-c6ccc(O)cc6)[nH]c5c4)[nH]c3c2)CC1.[Cl-].[Cl-].[Cl-]. The van der Waals surface area contributed by atoms with Gasteiger partial charge in [-0.25, -0.2) is 9.97 Å². The van der Waals surface area contributed by atoms with E-state index in [2.05, 4.69) is 56.1 Å². The monoisotopic (exact) mass is 529 g/mol. The number of nitrogens with zero attached hydrogens (tertiary/aromatic N) is 4. The topological polar surface area (TPSA) is 84.1 Å². The molecule has 10 heteroatoms. The van der Waals surface area contributed by atoms with Crippen LogP contribution in [0, 0.1) is 0 Å². The fraction of sp³-hybridized carbons (Fsp3) is 0.200. The van der Waals surface area contributed by atoms with Crippen molar-refractivity contribution in [1.29, 1.82) is 0 Å². The molecule has 5 aromatic rings. The van der Waals surface area contributed by atoms with Crippen LogP contribution in [0.2, 0.25) is 0 Å². The van der Waals surface area contributed by atoms with Gasteiger partial charge in [0.25, 0.3) is 0 Å². The number of piperazine rings is 1. The lowest BCUT2D eigenvalue weighted by Gasteiger charge is -2.34. The van der Waals surface area contributed by atoms with Gasteiger partial charge in [0.05, 0.1) is 22.1 Å². The molecule has 0 radical (unpaired) electrons. The number of benzene rings is 3. The summed E-state index contributed by atoms with van der Waals surface area (Å²) in [6.45, 7) is 4.26. The van der Waals surface area contributed by atoms with E-state index in [4.69, 9.17) is 4.98 Å². The van der Waals surface area contributed by atoms with Crippen LogP contribution in [0.15, 0.2) is 60.7 Å². The Morgan fingerprint density at radius 1 is 0.686 bits per heavy atom. The molecule has 1 aliphatic rings. The number of hydrogen-bond acceptors (Lipinski definition) is 5. The van der Waals surface area contributed by atoms with Gasteiger partial charge in [-0.1, -0.05) is 0 Å². The van der Waals surface area contributed by atoms with Crippen molar-refractivity contribution in [1.82, 2.24) is 24.8 Å². The number of nitrogens with one attached hydrogen (secondary N) is 2. The summed E-state index contributed by atoms with van der Waals surface area (Å²) < 4.78 is 0. The van der Waals surface area contributed by atoms with Crippen molar-refractivity contribution in [3.05, 3.63) is 60.7 Å². The Kier molecular flexibility index (Phi) is 8.18. The summed E-state index contributed by atoms with van der Waals surface area (Å²) >= 11 is 0. The molecule has 1 saturated heterocycles. The standard InChI is InChI=1S/C25H24N6O.3ClH/c1-30-10-12-31(13-11-30)18-5-9-21-23(15-18)29-25(27-21)17-4-8-20-22(14-17)28-24(26-20)16-2-6-19(32)7-3-16;;;/h2-9,14-15,32H,10-13H2,1H3,(H,26,28)(H,27,29);3*1H/p-3. The van der Waals surface area contributed by atoms with Crippen molar-refractivity contribution in [3.63, 3.8) is 0 Å². The predicted octanol–water partition coefficient (Wildman–Crippen LogP) is -4.76. The summed E-state index contributed by atoms with van der Waals surface area (Å²) in [4.78, 5) is 21.2. The molecule has 1 aliphatic heterocycles. The molecule has 0 bridgehead atoms. The van der Waals surface area contributed by atoms with Crippen molar-refractivity contribution in [2.75, 3.05) is 38.1 Å². The van der Waals surface area contributed by atoms with Gasteiger partial charge in [-0.15, -0.1) is 0 Å². The van der Waals surface area contributed by atoms with Crippen molar-refractivity contribution in [2.45, 2.75) is 0 Å². The molecule has 0 amide bonds. The average molecular weight is 531 g/mol. The molecule has 35 heavy (non-hydrogen) atoms. The average Bonchev–Trinajstić information content (AvgIpc) is 3.43. The number of imidazole rings is 2. The zero-order valence-electron chi connectivity index (χ0n) is 19.0. The number of likely N-dealkylation sites (N-methyl/N-ethyl adjacent to an activating group) is 1. The third-order valence-electron chi connectivity index (χ3n) is 6.23. The quantitative estimate of drug-likeness (QED) is 0.218. The van der Waals surface area contributed by atoms with Crippen LogP contribution in [-0.2, 0) is 0 Å². The second-order valence-corrected chi connectivity index (χ2v) is 8.44. The highest BCUT2D eigenvalue weighted by molar-refractivity contribution is 5.87. The van der Waals surface area contributed by atoms with E-state index in [9.17, 15) is 5.11 Å². The minimum absolute atomic E-state index is 0. The Labute approximate surface area is 221 Å². The van der Waals surface area contributed by atoms with Gasteiger partial charge in [-0.05, 0) is 67.7 Å². The molecule has 0 spiro atoms. The first-order valence-corrected chi connectivity index (χ1v) is 10.9. The van der Waals surface area contributed by atoms with Crippen LogP contribution in [0.25, 0.3) is 44.8 Å². The molecule has 0 aliphatic carbocycles. The number of rotatable bonds is 3. The van der Waals surface area contributed by atoms with Gasteiger partial charge in [-0.3, -0.25) is 0 Å². The maximum absolute atomic E-state index is 9.52. The summed E-state index contributed by atoms with van der Waals surface area (Å²) in [5.74, 6) is 1.87. The number of phenolic OH excluding ortho intramolecular Hbond substituents is 1. The fourth-order valence-electron chi connectivity index (χ4n) is 4.31. The van der Waals surface area contributed by atoms with Gasteiger partial charge in [0.15, 0.2) is 0 Å². The van der Waals surface area contributed by atoms with Crippen molar-refractivity contribution >= 4 is 27.8 Å². The number of H-pyrrole nitrogens is 2. The predicted molar refractivity (Wildman–Crippen MR) is 128 cm³/mol. The molecule has 3 aromatic carbocycles. The second-order valence-electron chi connectivity index (χ2n) is 8.44. The molecule has 3 heterocycles. The summed E-state index contributed by atoms with van der Waals surface area (Å²) in [7, 11) is 2.17. The Bertz CT molecular complexity index is 1420. The number of anilines is 1. The highest BCUT2D eigenvalue weighted by atomic mass is 35.5. The minimum Gasteiger partial charge on any atom is -1.00 e. The van der Waals surface area contributed by atoms with Crippen LogP contribution in [-0.4, -0.2) is 63.2 Å². The first-order valence-electron chi connectivity index (χ1n) is 10.9. The van der Waals surface area contributed by atoms with Crippen molar-refractivity contribution in [2.24, 2.45) is 0 Å². The molecule has 184 valence electrons. The first-order chi connectivity index (χ1) is 15.6. The second kappa shape index (κ2) is 10.7. The highest BCUT2D eigenvalue weighted by Gasteiger charge is 2.16. The largest absolute Gasteiger partial charge is 1.00 e. The van der Waals surface area contributed by atoms with Gasteiger partial charge in [0.2, 0.25) is 0 Å². The number of aromatic hydroxyl groups is 1. The van der Waals surface area contributed by atoms with Crippen LogP contribution >= 0.6 is 0 Å². The van der Waals surface area contributed by atoms with E-state index >= 15 is 0 Å². The molecule has 6 rings (SSSR count). The number of hydrogen-bond donors (Lipinski definition) is 3. The number of halogens is 3. The first kappa shape index (κ1) is 26.6. The van der Waals surface area contributed by atoms with Crippen LogP contribution in [0.5, 0.6) is 5.75 Å². The zero-order valence-corrected chi connectivity index (χ0v) is 21.2. The summed E-state index contributed by atoms with van der Waals surface area (Å²) in [5, 5.41) is 9.52. The van der Waals surface area contributed by atoms with Crippen LogP contribution in [0.3, 0.4) is 0 Å².